The van der Waals surface area contributed by atoms with E-state index >= 15 is 0 Å². The van der Waals surface area contributed by atoms with Gasteiger partial charge in [0.2, 0.25) is 0 Å². The van der Waals surface area contributed by atoms with Gasteiger partial charge < -0.3 is 0 Å². The second kappa shape index (κ2) is 5.98. The predicted molar refractivity (Wildman–Crippen MR) is 83.3 cm³/mol. The van der Waals surface area contributed by atoms with Crippen LogP contribution in [0.5, 0.6) is 0 Å². The summed E-state index contributed by atoms with van der Waals surface area (Å²) in [5.41, 5.74) is 0.831. The van der Waals surface area contributed by atoms with E-state index in [0.717, 1.165) is 21.7 Å². The van der Waals surface area contributed by atoms with Crippen LogP contribution in [0.1, 0.15) is 17.3 Å². The maximum atomic E-state index is 13.9. The summed E-state index contributed by atoms with van der Waals surface area (Å²) in [6.07, 6.45) is 1.85. The smallest absolute Gasteiger partial charge is 0.176 e. The van der Waals surface area contributed by atoms with Crippen LogP contribution in [0.15, 0.2) is 58.0 Å². The van der Waals surface area contributed by atoms with Crippen LogP contribution >= 0.6 is 15.9 Å². The molecule has 1 aliphatic rings. The minimum atomic E-state index is -1.16. The lowest BCUT2D eigenvalue weighted by Gasteiger charge is -2.29. The van der Waals surface area contributed by atoms with Crippen LogP contribution in [0.3, 0.4) is 0 Å². The lowest BCUT2D eigenvalue weighted by molar-refractivity contribution is -0.0675. The molecule has 1 heterocycles. The second-order valence-electron chi connectivity index (χ2n) is 4.71. The van der Waals surface area contributed by atoms with Crippen LogP contribution in [0.2, 0.25) is 0 Å². The van der Waals surface area contributed by atoms with Crippen LogP contribution in [-0.2, 0) is 0 Å². The largest absolute Gasteiger partial charge is 0.286 e. The Labute approximate surface area is 134 Å². The maximum absolute atomic E-state index is 13.9. The van der Waals surface area contributed by atoms with Crippen LogP contribution < -0.4 is 0 Å². The fourth-order valence-electron chi connectivity index (χ4n) is 2.27. The standard InChI is InChI=1S/C16H11BrF2N2O/c17-11-6-4-10(5-7-11)14-8-9-20-16(21(14)22)15-12(18)2-1-3-13(15)19/h1-9,16,22H. The Balaban J connectivity index is 2.00. The molecule has 22 heavy (non-hydrogen) atoms. The van der Waals surface area contributed by atoms with Gasteiger partial charge in [0.1, 0.15) is 11.6 Å². The van der Waals surface area contributed by atoms with Crippen molar-refractivity contribution < 1.29 is 14.0 Å². The van der Waals surface area contributed by atoms with Crippen molar-refractivity contribution in [3.8, 4) is 0 Å². The van der Waals surface area contributed by atoms with Gasteiger partial charge in [0.25, 0.3) is 0 Å². The minimum absolute atomic E-state index is 0.288. The van der Waals surface area contributed by atoms with Gasteiger partial charge in [-0.25, -0.2) is 13.8 Å². The molecule has 6 heteroatoms. The number of allylic oxidation sites excluding steroid dienone is 1. The highest BCUT2D eigenvalue weighted by Crippen LogP contribution is 2.34. The first kappa shape index (κ1) is 14.9. The Morgan fingerprint density at radius 1 is 1.05 bits per heavy atom. The molecule has 112 valence electrons. The summed E-state index contributed by atoms with van der Waals surface area (Å²) in [6.45, 7) is 0. The minimum Gasteiger partial charge on any atom is -0.286 e. The van der Waals surface area contributed by atoms with Crippen molar-refractivity contribution in [2.75, 3.05) is 0 Å². The summed E-state index contributed by atoms with van der Waals surface area (Å²) >= 11 is 3.33. The third kappa shape index (κ3) is 2.67. The zero-order chi connectivity index (χ0) is 15.7. The van der Waals surface area contributed by atoms with Crippen molar-refractivity contribution in [1.82, 2.24) is 5.06 Å². The number of rotatable bonds is 2. The van der Waals surface area contributed by atoms with E-state index in [9.17, 15) is 14.0 Å². The average Bonchev–Trinajstić information content (AvgIpc) is 2.50. The van der Waals surface area contributed by atoms with Crippen molar-refractivity contribution in [3.63, 3.8) is 0 Å². The lowest BCUT2D eigenvalue weighted by atomic mass is 10.1. The van der Waals surface area contributed by atoms with Crippen molar-refractivity contribution in [3.05, 3.63) is 75.8 Å². The number of benzene rings is 2. The van der Waals surface area contributed by atoms with Gasteiger partial charge in [0.05, 0.1) is 11.3 Å². The van der Waals surface area contributed by atoms with E-state index in [1.54, 1.807) is 18.2 Å². The Morgan fingerprint density at radius 2 is 1.68 bits per heavy atom. The van der Waals surface area contributed by atoms with Gasteiger partial charge in [0, 0.05) is 16.3 Å². The molecule has 2 aromatic carbocycles. The lowest BCUT2D eigenvalue weighted by Crippen LogP contribution is -2.26. The number of hydrogen-bond acceptors (Lipinski definition) is 3. The van der Waals surface area contributed by atoms with E-state index in [1.807, 2.05) is 12.1 Å². The highest BCUT2D eigenvalue weighted by molar-refractivity contribution is 9.10. The highest BCUT2D eigenvalue weighted by atomic mass is 79.9. The molecule has 0 amide bonds. The summed E-state index contributed by atoms with van der Waals surface area (Å²) in [5, 5.41) is 11.1. The molecule has 0 saturated carbocycles. The van der Waals surface area contributed by atoms with Crippen LogP contribution in [-0.4, -0.2) is 16.5 Å². The fraction of sp³-hybridized carbons (Fsp3) is 0.0625. The van der Waals surface area contributed by atoms with E-state index in [1.165, 1.54) is 12.3 Å². The van der Waals surface area contributed by atoms with E-state index in [-0.39, 0.29) is 5.56 Å². The topological polar surface area (TPSA) is 35.8 Å². The summed E-state index contributed by atoms with van der Waals surface area (Å²) in [6, 6.07) is 10.7. The summed E-state index contributed by atoms with van der Waals surface area (Å²) in [4.78, 5) is 3.98. The fourth-order valence-corrected chi connectivity index (χ4v) is 2.53. The van der Waals surface area contributed by atoms with E-state index in [2.05, 4.69) is 20.9 Å². The number of nitrogens with zero attached hydrogens (tertiary/aromatic N) is 2. The SMILES string of the molecule is ON1C(c2ccc(Br)cc2)=CC=NC1c1c(F)cccc1F. The quantitative estimate of drug-likeness (QED) is 0.848. The molecule has 0 aromatic heterocycles. The Hall–Kier alpha value is -2.05. The zero-order valence-corrected chi connectivity index (χ0v) is 12.8. The van der Waals surface area contributed by atoms with Crippen molar-refractivity contribution in [2.24, 2.45) is 4.99 Å². The summed E-state index contributed by atoms with van der Waals surface area (Å²) < 4.78 is 28.7. The molecule has 0 fully saturated rings. The average molecular weight is 365 g/mol. The highest BCUT2D eigenvalue weighted by Gasteiger charge is 2.28. The molecule has 0 bridgehead atoms. The van der Waals surface area contributed by atoms with Gasteiger partial charge in [-0.2, -0.15) is 0 Å². The molecule has 0 aliphatic carbocycles. The van der Waals surface area contributed by atoms with Gasteiger partial charge in [-0.05, 0) is 30.3 Å². The third-order valence-corrected chi connectivity index (χ3v) is 3.86. The molecule has 1 aliphatic heterocycles. The number of hydroxylamine groups is 2. The predicted octanol–water partition coefficient (Wildman–Crippen LogP) is 4.54. The molecule has 0 saturated heterocycles. The Kier molecular flexibility index (Phi) is 4.04. The molecule has 3 rings (SSSR count). The second-order valence-corrected chi connectivity index (χ2v) is 5.63. The van der Waals surface area contributed by atoms with Gasteiger partial charge in [-0.15, -0.1) is 0 Å². The number of hydrogen-bond donors (Lipinski definition) is 1. The molecular formula is C16H11BrF2N2O. The first-order chi connectivity index (χ1) is 10.6. The summed E-state index contributed by atoms with van der Waals surface area (Å²) in [7, 11) is 0. The Bertz CT molecular complexity index is 739. The molecule has 1 N–H and O–H groups in total. The van der Waals surface area contributed by atoms with Crippen LogP contribution in [0, 0.1) is 11.6 Å². The van der Waals surface area contributed by atoms with E-state index in [4.69, 9.17) is 0 Å². The van der Waals surface area contributed by atoms with Gasteiger partial charge in [-0.3, -0.25) is 10.2 Å². The van der Waals surface area contributed by atoms with Crippen molar-refractivity contribution in [1.29, 1.82) is 0 Å². The monoisotopic (exact) mass is 364 g/mol. The third-order valence-electron chi connectivity index (χ3n) is 3.34. The molecule has 1 unspecified atom stereocenters. The summed E-state index contributed by atoms with van der Waals surface area (Å²) in [5.74, 6) is -1.50. The number of aliphatic imine (C=N–C) groups is 1. The molecule has 0 radical (unpaired) electrons. The van der Waals surface area contributed by atoms with Gasteiger partial charge in [-0.1, -0.05) is 34.1 Å². The maximum Gasteiger partial charge on any atom is 0.176 e. The van der Waals surface area contributed by atoms with Crippen LogP contribution in [0.25, 0.3) is 5.70 Å². The zero-order valence-electron chi connectivity index (χ0n) is 11.2. The first-order valence-corrected chi connectivity index (χ1v) is 7.28. The van der Waals surface area contributed by atoms with Crippen LogP contribution in [0.4, 0.5) is 8.78 Å². The first-order valence-electron chi connectivity index (χ1n) is 6.49. The normalized spacial score (nSPS) is 17.5. The van der Waals surface area contributed by atoms with Crippen molar-refractivity contribution in [2.45, 2.75) is 6.17 Å². The number of halogens is 3. The van der Waals surface area contributed by atoms with E-state index in [0.29, 0.717) is 11.3 Å². The molecule has 1 atom stereocenters. The van der Waals surface area contributed by atoms with Crippen molar-refractivity contribution >= 4 is 27.8 Å². The van der Waals surface area contributed by atoms with E-state index < -0.39 is 17.8 Å². The molecule has 2 aromatic rings. The van der Waals surface area contributed by atoms with Gasteiger partial charge in [0.15, 0.2) is 6.17 Å². The Morgan fingerprint density at radius 3 is 2.32 bits per heavy atom. The molecule has 3 nitrogen and oxygen atoms in total. The molecule has 0 spiro atoms. The van der Waals surface area contributed by atoms with Gasteiger partial charge >= 0.3 is 0 Å². The molecular weight excluding hydrogens is 354 g/mol.